The Hall–Kier alpha value is -1.15. The molecular formula is C13H16O2. The van der Waals surface area contributed by atoms with E-state index < -0.39 is 0 Å². The van der Waals surface area contributed by atoms with Crippen molar-refractivity contribution in [3.63, 3.8) is 0 Å². The van der Waals surface area contributed by atoms with E-state index in [1.807, 2.05) is 44.2 Å². The molecule has 0 amide bonds. The normalized spacial score (nSPS) is 18.6. The summed E-state index contributed by atoms with van der Waals surface area (Å²) in [5, 5.41) is 0. The molecule has 0 bridgehead atoms. The number of rotatable bonds is 3. The van der Waals surface area contributed by atoms with Gasteiger partial charge in [0.2, 0.25) is 0 Å². The van der Waals surface area contributed by atoms with Crippen LogP contribution in [-0.4, -0.2) is 19.0 Å². The number of carbonyl (C=O) groups excluding carboxylic acids is 1. The number of Topliss-reactive ketones (excluding diaryl/α,β-unsaturated/α-hetero) is 1. The molecule has 0 radical (unpaired) electrons. The Labute approximate surface area is 90.3 Å². The van der Waals surface area contributed by atoms with Gasteiger partial charge in [-0.15, -0.1) is 0 Å². The van der Waals surface area contributed by atoms with Gasteiger partial charge in [-0.1, -0.05) is 44.2 Å². The van der Waals surface area contributed by atoms with Crippen molar-refractivity contribution in [2.75, 3.05) is 13.2 Å². The molecular weight excluding hydrogens is 188 g/mol. The largest absolute Gasteiger partial charge is 0.378 e. The van der Waals surface area contributed by atoms with Gasteiger partial charge in [-0.2, -0.15) is 0 Å². The van der Waals surface area contributed by atoms with Crippen molar-refractivity contribution in [3.8, 4) is 0 Å². The molecule has 1 aromatic carbocycles. The molecule has 0 N–H and O–H groups in total. The molecule has 80 valence electrons. The van der Waals surface area contributed by atoms with E-state index in [0.717, 1.165) is 5.56 Å². The standard InChI is InChI=1S/C13H16O2/c1-10(2)12(14)13(8-15-9-13)11-6-4-3-5-7-11/h3-7,10H,8-9H2,1-2H3. The third-order valence-electron chi connectivity index (χ3n) is 3.02. The second-order valence-corrected chi connectivity index (χ2v) is 4.46. The Morgan fingerprint density at radius 1 is 1.27 bits per heavy atom. The minimum Gasteiger partial charge on any atom is -0.378 e. The highest BCUT2D eigenvalue weighted by Gasteiger charge is 2.47. The van der Waals surface area contributed by atoms with Crippen LogP contribution >= 0.6 is 0 Å². The van der Waals surface area contributed by atoms with Crippen LogP contribution in [-0.2, 0) is 14.9 Å². The number of carbonyl (C=O) groups is 1. The number of hydrogen-bond donors (Lipinski definition) is 0. The van der Waals surface area contributed by atoms with Crippen LogP contribution in [0.1, 0.15) is 19.4 Å². The fourth-order valence-corrected chi connectivity index (χ4v) is 2.07. The first-order chi connectivity index (χ1) is 7.17. The fraction of sp³-hybridized carbons (Fsp3) is 0.462. The van der Waals surface area contributed by atoms with Crippen LogP contribution in [0.5, 0.6) is 0 Å². The lowest BCUT2D eigenvalue weighted by Gasteiger charge is -2.41. The van der Waals surface area contributed by atoms with Gasteiger partial charge in [0.1, 0.15) is 5.41 Å². The van der Waals surface area contributed by atoms with Crippen LogP contribution in [0, 0.1) is 5.92 Å². The van der Waals surface area contributed by atoms with Crippen LogP contribution in [0.25, 0.3) is 0 Å². The molecule has 1 fully saturated rings. The number of ether oxygens (including phenoxy) is 1. The second-order valence-electron chi connectivity index (χ2n) is 4.46. The molecule has 1 heterocycles. The summed E-state index contributed by atoms with van der Waals surface area (Å²) in [6.45, 7) is 4.97. The SMILES string of the molecule is CC(C)C(=O)C1(c2ccccc2)COC1. The van der Waals surface area contributed by atoms with Crippen LogP contribution in [0.2, 0.25) is 0 Å². The second kappa shape index (κ2) is 3.78. The van der Waals surface area contributed by atoms with E-state index in [0.29, 0.717) is 19.0 Å². The lowest BCUT2D eigenvalue weighted by molar-refractivity contribution is -0.146. The van der Waals surface area contributed by atoms with Crippen molar-refractivity contribution in [3.05, 3.63) is 35.9 Å². The van der Waals surface area contributed by atoms with E-state index in [9.17, 15) is 4.79 Å². The summed E-state index contributed by atoms with van der Waals surface area (Å²) in [4.78, 5) is 12.2. The molecule has 0 unspecified atom stereocenters. The van der Waals surface area contributed by atoms with Gasteiger partial charge in [-0.3, -0.25) is 4.79 Å². The Bertz CT molecular complexity index is 350. The molecule has 2 nitrogen and oxygen atoms in total. The molecule has 1 aliphatic rings. The first-order valence-corrected chi connectivity index (χ1v) is 5.34. The van der Waals surface area contributed by atoms with E-state index in [-0.39, 0.29) is 11.3 Å². The molecule has 1 aliphatic heterocycles. The molecule has 15 heavy (non-hydrogen) atoms. The van der Waals surface area contributed by atoms with Gasteiger partial charge in [-0.05, 0) is 5.56 Å². The molecule has 0 saturated carbocycles. The maximum absolute atomic E-state index is 12.2. The molecule has 2 heteroatoms. The highest BCUT2D eigenvalue weighted by Crippen LogP contribution is 2.35. The predicted octanol–water partition coefficient (Wildman–Crippen LogP) is 2.18. The minimum absolute atomic E-state index is 0.0640. The first kappa shape index (κ1) is 10.4. The zero-order valence-electron chi connectivity index (χ0n) is 9.19. The van der Waals surface area contributed by atoms with E-state index in [2.05, 4.69) is 0 Å². The molecule has 0 aliphatic carbocycles. The lowest BCUT2D eigenvalue weighted by atomic mass is 9.72. The topological polar surface area (TPSA) is 26.3 Å². The van der Waals surface area contributed by atoms with Crippen LogP contribution in [0.15, 0.2) is 30.3 Å². The smallest absolute Gasteiger partial charge is 0.150 e. The summed E-state index contributed by atoms with van der Waals surface area (Å²) in [5.74, 6) is 0.356. The highest BCUT2D eigenvalue weighted by molar-refractivity contribution is 5.92. The quantitative estimate of drug-likeness (QED) is 0.754. The highest BCUT2D eigenvalue weighted by atomic mass is 16.5. The molecule has 0 aromatic heterocycles. The average molecular weight is 204 g/mol. The third-order valence-corrected chi connectivity index (χ3v) is 3.02. The van der Waals surface area contributed by atoms with Gasteiger partial charge in [0.25, 0.3) is 0 Å². The zero-order chi connectivity index (χ0) is 10.9. The van der Waals surface area contributed by atoms with Crippen molar-refractivity contribution in [2.45, 2.75) is 19.3 Å². The van der Waals surface area contributed by atoms with Gasteiger partial charge in [-0.25, -0.2) is 0 Å². The molecule has 1 aromatic rings. The Balaban J connectivity index is 2.34. The van der Waals surface area contributed by atoms with E-state index in [4.69, 9.17) is 4.74 Å². The third kappa shape index (κ3) is 1.59. The van der Waals surface area contributed by atoms with Crippen molar-refractivity contribution < 1.29 is 9.53 Å². The van der Waals surface area contributed by atoms with Gasteiger partial charge in [0.15, 0.2) is 5.78 Å². The van der Waals surface area contributed by atoms with Crippen LogP contribution in [0.4, 0.5) is 0 Å². The molecule has 0 spiro atoms. The van der Waals surface area contributed by atoms with Crippen molar-refractivity contribution in [1.29, 1.82) is 0 Å². The maximum Gasteiger partial charge on any atom is 0.150 e. The molecule has 2 rings (SSSR count). The van der Waals surface area contributed by atoms with Crippen LogP contribution in [0.3, 0.4) is 0 Å². The van der Waals surface area contributed by atoms with E-state index in [1.54, 1.807) is 0 Å². The average Bonchev–Trinajstić information content (AvgIpc) is 2.17. The van der Waals surface area contributed by atoms with Crippen molar-refractivity contribution in [2.24, 2.45) is 5.92 Å². The van der Waals surface area contributed by atoms with Gasteiger partial charge in [0, 0.05) is 5.92 Å². The summed E-state index contributed by atoms with van der Waals surface area (Å²) < 4.78 is 5.24. The van der Waals surface area contributed by atoms with Crippen molar-refractivity contribution in [1.82, 2.24) is 0 Å². The summed E-state index contributed by atoms with van der Waals surface area (Å²) >= 11 is 0. The summed E-state index contributed by atoms with van der Waals surface area (Å²) in [6.07, 6.45) is 0. The van der Waals surface area contributed by atoms with Gasteiger partial charge < -0.3 is 4.74 Å². The maximum atomic E-state index is 12.2. The minimum atomic E-state index is -0.366. The van der Waals surface area contributed by atoms with E-state index in [1.165, 1.54) is 0 Å². The predicted molar refractivity (Wildman–Crippen MR) is 58.8 cm³/mol. The fourth-order valence-electron chi connectivity index (χ4n) is 2.07. The summed E-state index contributed by atoms with van der Waals surface area (Å²) in [5.41, 5.74) is 0.727. The number of ketones is 1. The summed E-state index contributed by atoms with van der Waals surface area (Å²) in [6, 6.07) is 9.95. The zero-order valence-corrected chi connectivity index (χ0v) is 9.19. The lowest BCUT2D eigenvalue weighted by Crippen LogP contribution is -2.54. The van der Waals surface area contributed by atoms with Crippen LogP contribution < -0.4 is 0 Å². The number of hydrogen-bond acceptors (Lipinski definition) is 2. The van der Waals surface area contributed by atoms with Crippen molar-refractivity contribution >= 4 is 5.78 Å². The molecule has 1 saturated heterocycles. The number of benzene rings is 1. The molecule has 0 atom stereocenters. The monoisotopic (exact) mass is 204 g/mol. The first-order valence-electron chi connectivity index (χ1n) is 5.34. The Morgan fingerprint density at radius 3 is 2.27 bits per heavy atom. The summed E-state index contributed by atoms with van der Waals surface area (Å²) in [7, 11) is 0. The van der Waals surface area contributed by atoms with Gasteiger partial charge in [0.05, 0.1) is 13.2 Å². The Morgan fingerprint density at radius 2 is 1.87 bits per heavy atom. The van der Waals surface area contributed by atoms with E-state index >= 15 is 0 Å². The van der Waals surface area contributed by atoms with Gasteiger partial charge >= 0.3 is 0 Å². The Kier molecular flexibility index (Phi) is 2.61.